The molecule has 9 heteroatoms. The Morgan fingerprint density at radius 2 is 1.64 bits per heavy atom. The molecule has 0 amide bonds. The maximum absolute atomic E-state index is 12.7. The number of methoxy groups -OCH3 is 2. The van der Waals surface area contributed by atoms with E-state index >= 15 is 0 Å². The van der Waals surface area contributed by atoms with Crippen LogP contribution in [0.15, 0.2) is 65.5 Å². The molecule has 4 aromatic rings. The van der Waals surface area contributed by atoms with E-state index in [1.54, 1.807) is 37.8 Å². The number of hydrogen-bond acceptors (Lipinski definition) is 7. The van der Waals surface area contributed by atoms with Crippen molar-refractivity contribution in [2.75, 3.05) is 27.4 Å². The van der Waals surface area contributed by atoms with E-state index in [9.17, 15) is 14.7 Å². The van der Waals surface area contributed by atoms with Gasteiger partial charge in [-0.25, -0.2) is 4.79 Å². The van der Waals surface area contributed by atoms with Gasteiger partial charge < -0.3 is 24.1 Å². The van der Waals surface area contributed by atoms with Crippen LogP contribution in [0.5, 0.6) is 17.2 Å². The second kappa shape index (κ2) is 13.1. The van der Waals surface area contributed by atoms with E-state index < -0.39 is 12.1 Å². The second-order valence-corrected chi connectivity index (χ2v) is 9.70. The lowest BCUT2D eigenvalue weighted by molar-refractivity contribution is -0.149. The fraction of sp³-hybridized carbons (Fsp3) is 0.267. The molecule has 1 N–H and O–H groups in total. The van der Waals surface area contributed by atoms with Crippen molar-refractivity contribution in [3.05, 3.63) is 87.0 Å². The summed E-state index contributed by atoms with van der Waals surface area (Å²) in [4.78, 5) is 23.9. The number of carboxylic acids is 1. The third-order valence-electron chi connectivity index (χ3n) is 6.11. The van der Waals surface area contributed by atoms with E-state index in [0.717, 1.165) is 26.9 Å². The van der Waals surface area contributed by atoms with Crippen LogP contribution in [0.4, 0.5) is 0 Å². The Morgan fingerprint density at radius 1 is 0.949 bits per heavy atom. The number of fused-ring (bicyclic) bond motifs is 1. The summed E-state index contributed by atoms with van der Waals surface area (Å²) in [6.07, 6.45) is 3.37. The summed E-state index contributed by atoms with van der Waals surface area (Å²) in [7, 11) is 3.24. The van der Waals surface area contributed by atoms with Crippen molar-refractivity contribution >= 4 is 39.7 Å². The SMILES string of the molecule is CCOC(Cc1ccc(OCCn2c(=O)sc3cc(/C=C/c4cc(OC)cc(OC)c4)ccc32)cc1)C(=O)O. The Hall–Kier alpha value is -4.08. The minimum Gasteiger partial charge on any atom is -0.497 e. The van der Waals surface area contributed by atoms with Crippen LogP contribution in [0.1, 0.15) is 23.6 Å². The van der Waals surface area contributed by atoms with Crippen molar-refractivity contribution in [1.82, 2.24) is 4.57 Å². The van der Waals surface area contributed by atoms with E-state index in [0.29, 0.717) is 37.0 Å². The molecule has 8 nitrogen and oxygen atoms in total. The monoisotopic (exact) mass is 549 g/mol. The molecule has 0 saturated carbocycles. The average Bonchev–Trinajstić information content (AvgIpc) is 3.26. The van der Waals surface area contributed by atoms with Gasteiger partial charge in [-0.2, -0.15) is 0 Å². The van der Waals surface area contributed by atoms with Gasteiger partial charge in [-0.05, 0) is 60.0 Å². The molecule has 4 rings (SSSR count). The number of hydrogen-bond donors (Lipinski definition) is 1. The summed E-state index contributed by atoms with van der Waals surface area (Å²) in [6.45, 7) is 2.84. The second-order valence-electron chi connectivity index (χ2n) is 8.70. The van der Waals surface area contributed by atoms with Gasteiger partial charge in [-0.3, -0.25) is 9.36 Å². The van der Waals surface area contributed by atoms with Crippen LogP contribution >= 0.6 is 11.3 Å². The summed E-state index contributed by atoms with van der Waals surface area (Å²) in [5.74, 6) is 1.10. The molecular weight excluding hydrogens is 518 g/mol. The molecule has 1 atom stereocenters. The summed E-state index contributed by atoms with van der Waals surface area (Å²) in [6, 6.07) is 18.8. The van der Waals surface area contributed by atoms with Crippen molar-refractivity contribution < 1.29 is 28.8 Å². The molecule has 0 spiro atoms. The van der Waals surface area contributed by atoms with E-state index in [-0.39, 0.29) is 11.3 Å². The first kappa shape index (κ1) is 27.9. The minimum atomic E-state index is -0.980. The smallest absolute Gasteiger partial charge is 0.333 e. The van der Waals surface area contributed by atoms with Crippen molar-refractivity contribution in [2.45, 2.75) is 26.0 Å². The fourth-order valence-electron chi connectivity index (χ4n) is 4.13. The number of rotatable bonds is 13. The highest BCUT2D eigenvalue weighted by atomic mass is 32.1. The summed E-state index contributed by atoms with van der Waals surface area (Å²) < 4.78 is 24.4. The molecule has 0 radical (unpaired) electrons. The van der Waals surface area contributed by atoms with Gasteiger partial charge in [-0.15, -0.1) is 0 Å². The predicted molar refractivity (Wildman–Crippen MR) is 153 cm³/mol. The van der Waals surface area contributed by atoms with Crippen molar-refractivity contribution in [2.24, 2.45) is 0 Å². The predicted octanol–water partition coefficient (Wildman–Crippen LogP) is 5.36. The average molecular weight is 550 g/mol. The quantitative estimate of drug-likeness (QED) is 0.224. The van der Waals surface area contributed by atoms with Gasteiger partial charge in [0.25, 0.3) is 0 Å². The van der Waals surface area contributed by atoms with Gasteiger partial charge in [-0.1, -0.05) is 41.7 Å². The van der Waals surface area contributed by atoms with Crippen LogP contribution in [0.3, 0.4) is 0 Å². The number of nitrogens with zero attached hydrogens (tertiary/aromatic N) is 1. The highest BCUT2D eigenvalue weighted by Crippen LogP contribution is 2.25. The van der Waals surface area contributed by atoms with Crippen LogP contribution in [0.2, 0.25) is 0 Å². The third-order valence-corrected chi connectivity index (χ3v) is 7.05. The standard InChI is InChI=1S/C30H31NO7S/c1-4-37-27(29(32)33)17-20-7-10-23(11-8-20)38-14-13-31-26-12-9-21(18-28(26)39-30(31)34)5-6-22-15-24(35-2)19-25(16-22)36-3/h5-12,15-16,18-19,27H,4,13-14,17H2,1-3H3,(H,32,33)/b6-5+. The number of aliphatic carboxylic acids is 1. The molecule has 39 heavy (non-hydrogen) atoms. The fourth-order valence-corrected chi connectivity index (χ4v) is 5.09. The van der Waals surface area contributed by atoms with Crippen LogP contribution in [-0.4, -0.2) is 49.2 Å². The molecular formula is C30H31NO7S. The number of thiazole rings is 1. The van der Waals surface area contributed by atoms with E-state index in [1.807, 2.05) is 60.7 Å². The van der Waals surface area contributed by atoms with Crippen LogP contribution in [-0.2, 0) is 22.5 Å². The normalized spacial score (nSPS) is 12.1. The van der Waals surface area contributed by atoms with Gasteiger partial charge in [0.05, 0.1) is 31.0 Å². The Balaban J connectivity index is 1.39. The molecule has 0 bridgehead atoms. The maximum atomic E-state index is 12.7. The number of benzene rings is 3. The van der Waals surface area contributed by atoms with Gasteiger partial charge in [0, 0.05) is 19.1 Å². The van der Waals surface area contributed by atoms with Crippen molar-refractivity contribution in [1.29, 1.82) is 0 Å². The highest BCUT2D eigenvalue weighted by molar-refractivity contribution is 7.16. The van der Waals surface area contributed by atoms with Gasteiger partial charge >= 0.3 is 10.8 Å². The number of aromatic nitrogens is 1. The van der Waals surface area contributed by atoms with Gasteiger partial charge in [0.15, 0.2) is 6.10 Å². The van der Waals surface area contributed by atoms with Gasteiger partial charge in [0.2, 0.25) is 0 Å². The lowest BCUT2D eigenvalue weighted by atomic mass is 10.1. The molecule has 0 fully saturated rings. The van der Waals surface area contributed by atoms with Crippen LogP contribution < -0.4 is 19.1 Å². The van der Waals surface area contributed by atoms with Crippen molar-refractivity contribution in [3.63, 3.8) is 0 Å². The van der Waals surface area contributed by atoms with Crippen molar-refractivity contribution in [3.8, 4) is 17.2 Å². The molecule has 0 aliphatic rings. The molecule has 0 saturated heterocycles. The number of ether oxygens (including phenoxy) is 4. The Morgan fingerprint density at radius 3 is 2.28 bits per heavy atom. The van der Waals surface area contributed by atoms with E-state index in [2.05, 4.69) is 0 Å². The largest absolute Gasteiger partial charge is 0.497 e. The zero-order valence-electron chi connectivity index (χ0n) is 22.1. The highest BCUT2D eigenvalue weighted by Gasteiger charge is 2.18. The molecule has 1 unspecified atom stereocenters. The lowest BCUT2D eigenvalue weighted by Crippen LogP contribution is -2.26. The summed E-state index contributed by atoms with van der Waals surface area (Å²) in [5, 5.41) is 9.26. The Labute approximate surface area is 230 Å². The zero-order chi connectivity index (χ0) is 27.8. The first-order valence-electron chi connectivity index (χ1n) is 12.5. The topological polar surface area (TPSA) is 96.2 Å². The Bertz CT molecular complexity index is 1480. The number of carboxylic acid groups (broad SMARTS) is 1. The molecule has 3 aromatic carbocycles. The first-order valence-corrected chi connectivity index (χ1v) is 13.3. The van der Waals surface area contributed by atoms with E-state index in [1.165, 1.54) is 11.3 Å². The lowest BCUT2D eigenvalue weighted by Gasteiger charge is -2.13. The maximum Gasteiger partial charge on any atom is 0.333 e. The van der Waals surface area contributed by atoms with E-state index in [4.69, 9.17) is 18.9 Å². The minimum absolute atomic E-state index is 0.0433. The van der Waals surface area contributed by atoms with Crippen LogP contribution in [0, 0.1) is 0 Å². The zero-order valence-corrected chi connectivity index (χ0v) is 22.9. The molecule has 1 heterocycles. The summed E-state index contributed by atoms with van der Waals surface area (Å²) >= 11 is 1.20. The molecule has 0 aliphatic heterocycles. The first-order chi connectivity index (χ1) is 18.9. The van der Waals surface area contributed by atoms with Crippen LogP contribution in [0.25, 0.3) is 22.4 Å². The molecule has 204 valence electrons. The third kappa shape index (κ3) is 7.28. The molecule has 1 aromatic heterocycles. The Kier molecular flexibility index (Phi) is 9.40. The summed E-state index contributed by atoms with van der Waals surface area (Å²) in [5.41, 5.74) is 3.63. The number of carbonyl (C=O) groups is 1. The van der Waals surface area contributed by atoms with Gasteiger partial charge in [0.1, 0.15) is 23.9 Å². The molecule has 0 aliphatic carbocycles.